The first-order valence-electron chi connectivity index (χ1n) is 5.50. The predicted molar refractivity (Wildman–Crippen MR) is 61.4 cm³/mol. The molecule has 4 heteroatoms. The first-order chi connectivity index (χ1) is 7.31. The maximum absolute atomic E-state index is 5.33. The number of aromatic nitrogens is 2. The molecule has 3 nitrogen and oxygen atoms in total. The lowest BCUT2D eigenvalue weighted by Gasteiger charge is -2.16. The SMILES string of the molecule is CCOCc1nc(=S)c2c([nH]1)CCCC2. The van der Waals surface area contributed by atoms with Crippen LogP contribution in [-0.4, -0.2) is 16.6 Å². The molecule has 0 unspecified atom stereocenters. The van der Waals surface area contributed by atoms with E-state index in [1.54, 1.807) is 0 Å². The first-order valence-corrected chi connectivity index (χ1v) is 5.90. The van der Waals surface area contributed by atoms with Gasteiger partial charge >= 0.3 is 0 Å². The van der Waals surface area contributed by atoms with E-state index >= 15 is 0 Å². The molecule has 1 N–H and O–H groups in total. The summed E-state index contributed by atoms with van der Waals surface area (Å²) in [4.78, 5) is 7.70. The van der Waals surface area contributed by atoms with Crippen LogP contribution in [0.5, 0.6) is 0 Å². The van der Waals surface area contributed by atoms with E-state index in [9.17, 15) is 0 Å². The van der Waals surface area contributed by atoms with Gasteiger partial charge in [0.2, 0.25) is 0 Å². The minimum absolute atomic E-state index is 0.535. The molecule has 0 atom stereocenters. The number of hydrogen-bond acceptors (Lipinski definition) is 3. The van der Waals surface area contributed by atoms with E-state index in [-0.39, 0.29) is 0 Å². The molecular formula is C11H16N2OS. The Labute approximate surface area is 94.9 Å². The highest BCUT2D eigenvalue weighted by Gasteiger charge is 2.12. The van der Waals surface area contributed by atoms with E-state index in [1.165, 1.54) is 24.1 Å². The number of fused-ring (bicyclic) bond motifs is 1. The lowest BCUT2D eigenvalue weighted by atomic mass is 9.97. The highest BCUT2D eigenvalue weighted by atomic mass is 32.1. The Morgan fingerprint density at radius 1 is 1.40 bits per heavy atom. The van der Waals surface area contributed by atoms with E-state index in [4.69, 9.17) is 17.0 Å². The number of rotatable bonds is 3. The van der Waals surface area contributed by atoms with Crippen LogP contribution < -0.4 is 0 Å². The van der Waals surface area contributed by atoms with Gasteiger partial charge in [-0.15, -0.1) is 0 Å². The molecule has 1 aliphatic carbocycles. The number of ether oxygens (including phenoxy) is 1. The van der Waals surface area contributed by atoms with Crippen molar-refractivity contribution in [1.82, 2.24) is 9.97 Å². The van der Waals surface area contributed by atoms with Gasteiger partial charge in [0, 0.05) is 17.9 Å². The van der Waals surface area contributed by atoms with Gasteiger partial charge in [0.25, 0.3) is 0 Å². The van der Waals surface area contributed by atoms with Gasteiger partial charge in [-0.05, 0) is 32.6 Å². The largest absolute Gasteiger partial charge is 0.374 e. The van der Waals surface area contributed by atoms with E-state index in [0.717, 1.165) is 23.3 Å². The molecule has 1 aromatic heterocycles. The average molecular weight is 224 g/mol. The minimum atomic E-state index is 0.535. The zero-order valence-electron chi connectivity index (χ0n) is 9.01. The molecule has 0 saturated carbocycles. The molecule has 0 fully saturated rings. The van der Waals surface area contributed by atoms with Crippen molar-refractivity contribution < 1.29 is 4.74 Å². The molecular weight excluding hydrogens is 208 g/mol. The lowest BCUT2D eigenvalue weighted by Crippen LogP contribution is -2.11. The van der Waals surface area contributed by atoms with Crippen molar-refractivity contribution in [3.8, 4) is 0 Å². The van der Waals surface area contributed by atoms with Crippen LogP contribution in [-0.2, 0) is 24.2 Å². The fourth-order valence-corrected chi connectivity index (χ4v) is 2.27. The van der Waals surface area contributed by atoms with Crippen molar-refractivity contribution in [2.75, 3.05) is 6.61 Å². The second-order valence-electron chi connectivity index (χ2n) is 3.79. The monoisotopic (exact) mass is 224 g/mol. The highest BCUT2D eigenvalue weighted by molar-refractivity contribution is 7.71. The van der Waals surface area contributed by atoms with Gasteiger partial charge in [-0.1, -0.05) is 12.2 Å². The number of H-pyrrole nitrogens is 1. The van der Waals surface area contributed by atoms with Crippen molar-refractivity contribution in [3.63, 3.8) is 0 Å². The Morgan fingerprint density at radius 2 is 2.20 bits per heavy atom. The van der Waals surface area contributed by atoms with Crippen LogP contribution >= 0.6 is 12.2 Å². The van der Waals surface area contributed by atoms with Crippen LogP contribution in [0, 0.1) is 4.64 Å². The summed E-state index contributed by atoms with van der Waals surface area (Å²) in [5.41, 5.74) is 2.52. The molecule has 0 aromatic carbocycles. The standard InChI is InChI=1S/C11H16N2OS/c1-2-14-7-10-12-9-6-4-3-5-8(9)11(15)13-10/h2-7H2,1H3,(H,12,13,15). The summed E-state index contributed by atoms with van der Waals surface area (Å²) in [7, 11) is 0. The number of nitrogens with zero attached hydrogens (tertiary/aromatic N) is 1. The molecule has 0 bridgehead atoms. The van der Waals surface area contributed by atoms with Crippen LogP contribution in [0.3, 0.4) is 0 Å². The van der Waals surface area contributed by atoms with Crippen molar-refractivity contribution in [1.29, 1.82) is 0 Å². The third kappa shape index (κ3) is 2.44. The second kappa shape index (κ2) is 4.86. The van der Waals surface area contributed by atoms with Crippen LogP contribution in [0.2, 0.25) is 0 Å². The van der Waals surface area contributed by atoms with Crippen LogP contribution in [0.15, 0.2) is 0 Å². The van der Waals surface area contributed by atoms with Gasteiger partial charge < -0.3 is 9.72 Å². The van der Waals surface area contributed by atoms with Gasteiger partial charge in [-0.25, -0.2) is 4.98 Å². The van der Waals surface area contributed by atoms with Crippen LogP contribution in [0.4, 0.5) is 0 Å². The van der Waals surface area contributed by atoms with E-state index in [1.807, 2.05) is 6.92 Å². The Hall–Kier alpha value is -0.740. The topological polar surface area (TPSA) is 37.9 Å². The van der Waals surface area contributed by atoms with E-state index in [2.05, 4.69) is 9.97 Å². The Balaban J connectivity index is 2.28. The summed E-state index contributed by atoms with van der Waals surface area (Å²) < 4.78 is 6.09. The molecule has 1 aliphatic rings. The zero-order valence-corrected chi connectivity index (χ0v) is 9.82. The maximum Gasteiger partial charge on any atom is 0.134 e. The van der Waals surface area contributed by atoms with Gasteiger partial charge in [0.05, 0.1) is 0 Å². The third-order valence-electron chi connectivity index (χ3n) is 2.70. The quantitative estimate of drug-likeness (QED) is 0.802. The van der Waals surface area contributed by atoms with Crippen molar-refractivity contribution in [2.24, 2.45) is 0 Å². The van der Waals surface area contributed by atoms with Gasteiger partial charge in [0.15, 0.2) is 0 Å². The van der Waals surface area contributed by atoms with Crippen molar-refractivity contribution in [3.05, 3.63) is 21.7 Å². The highest BCUT2D eigenvalue weighted by Crippen LogP contribution is 2.19. The molecule has 15 heavy (non-hydrogen) atoms. The number of aromatic amines is 1. The third-order valence-corrected chi connectivity index (χ3v) is 3.04. The average Bonchev–Trinajstić information content (AvgIpc) is 2.26. The summed E-state index contributed by atoms with van der Waals surface area (Å²) in [5, 5.41) is 0. The molecule has 0 spiro atoms. The maximum atomic E-state index is 5.33. The summed E-state index contributed by atoms with van der Waals surface area (Å²) in [6.45, 7) is 3.22. The molecule has 0 aliphatic heterocycles. The normalized spacial score (nSPS) is 15.0. The molecule has 2 rings (SSSR count). The van der Waals surface area contributed by atoms with E-state index < -0.39 is 0 Å². The molecule has 82 valence electrons. The fourth-order valence-electron chi connectivity index (χ4n) is 1.94. The number of aryl methyl sites for hydroxylation is 1. The molecule has 0 saturated heterocycles. The second-order valence-corrected chi connectivity index (χ2v) is 4.18. The summed E-state index contributed by atoms with van der Waals surface area (Å²) >= 11 is 5.29. The molecule has 1 aromatic rings. The Bertz CT molecular complexity index is 400. The summed E-state index contributed by atoms with van der Waals surface area (Å²) in [6, 6.07) is 0. The minimum Gasteiger partial charge on any atom is -0.374 e. The molecule has 1 heterocycles. The van der Waals surface area contributed by atoms with Crippen LogP contribution in [0.25, 0.3) is 0 Å². The van der Waals surface area contributed by atoms with Gasteiger partial charge in [-0.2, -0.15) is 0 Å². The number of nitrogens with one attached hydrogen (secondary N) is 1. The lowest BCUT2D eigenvalue weighted by molar-refractivity contribution is 0.128. The van der Waals surface area contributed by atoms with Gasteiger partial charge in [0.1, 0.15) is 17.1 Å². The first kappa shape index (κ1) is 10.8. The fraction of sp³-hybridized carbons (Fsp3) is 0.636. The predicted octanol–water partition coefficient (Wildman–Crippen LogP) is 2.55. The Morgan fingerprint density at radius 3 is 3.00 bits per heavy atom. The number of hydrogen-bond donors (Lipinski definition) is 1. The van der Waals surface area contributed by atoms with Crippen molar-refractivity contribution in [2.45, 2.75) is 39.2 Å². The molecule has 0 radical (unpaired) electrons. The Kier molecular flexibility index (Phi) is 3.49. The zero-order chi connectivity index (χ0) is 10.7. The molecule has 0 amide bonds. The van der Waals surface area contributed by atoms with Gasteiger partial charge in [-0.3, -0.25) is 0 Å². The van der Waals surface area contributed by atoms with Crippen molar-refractivity contribution >= 4 is 12.2 Å². The smallest absolute Gasteiger partial charge is 0.134 e. The summed E-state index contributed by atoms with van der Waals surface area (Å²) in [6.07, 6.45) is 4.65. The summed E-state index contributed by atoms with van der Waals surface area (Å²) in [5.74, 6) is 0.863. The van der Waals surface area contributed by atoms with Crippen LogP contribution in [0.1, 0.15) is 36.8 Å². The van der Waals surface area contributed by atoms with E-state index in [0.29, 0.717) is 13.2 Å².